The molecule has 0 unspecified atom stereocenters. The molecule has 5 rings (SSSR count). The van der Waals surface area contributed by atoms with Gasteiger partial charge in [0.25, 0.3) is 11.8 Å². The minimum atomic E-state index is -4.68. The molecule has 1 aliphatic carbocycles. The highest BCUT2D eigenvalue weighted by atomic mass is 19.4. The molecule has 0 bridgehead atoms. The lowest BCUT2D eigenvalue weighted by Crippen LogP contribution is -2.54. The SMILES string of the molecule is C=CC(=O)N1CCN(C[C@@H](Oc2cc(C)c(C(=O)Nc3nnc(C(F)(F)F)cc3C)cc2C(=O)NC)c2ccc(C3CC3)cn2)C[C@H]1C. The highest BCUT2D eigenvalue weighted by Gasteiger charge is 2.34. The summed E-state index contributed by atoms with van der Waals surface area (Å²) in [4.78, 5) is 47.5. The van der Waals surface area contributed by atoms with E-state index in [2.05, 4.69) is 32.3 Å². The van der Waals surface area contributed by atoms with E-state index in [0.717, 1.165) is 24.5 Å². The topological polar surface area (TPSA) is 130 Å². The summed E-state index contributed by atoms with van der Waals surface area (Å²) in [5, 5.41) is 11.8. The third-order valence-corrected chi connectivity index (χ3v) is 8.60. The number of carbonyl (C=O) groups excluding carboxylic acids is 3. The second-order valence-corrected chi connectivity index (χ2v) is 12.2. The fraction of sp³-hybridized carbons (Fsp3) is 0.412. The number of ether oxygens (including phenoxy) is 1. The zero-order valence-corrected chi connectivity index (χ0v) is 27.2. The van der Waals surface area contributed by atoms with Gasteiger partial charge in [0.15, 0.2) is 17.6 Å². The van der Waals surface area contributed by atoms with Crippen molar-refractivity contribution in [1.29, 1.82) is 0 Å². The maximum atomic E-state index is 13.3. The van der Waals surface area contributed by atoms with Gasteiger partial charge in [-0.05, 0) is 86.6 Å². The molecule has 1 saturated carbocycles. The van der Waals surface area contributed by atoms with Crippen molar-refractivity contribution in [3.63, 3.8) is 0 Å². The van der Waals surface area contributed by atoms with Crippen molar-refractivity contribution in [2.75, 3.05) is 38.5 Å². The summed E-state index contributed by atoms with van der Waals surface area (Å²) in [6.45, 7) is 10.7. The summed E-state index contributed by atoms with van der Waals surface area (Å²) in [5.41, 5.74) is 1.35. The van der Waals surface area contributed by atoms with E-state index < -0.39 is 29.8 Å². The molecular formula is C34H38F3N7O4. The van der Waals surface area contributed by atoms with Gasteiger partial charge in [-0.15, -0.1) is 10.2 Å². The molecule has 14 heteroatoms. The van der Waals surface area contributed by atoms with Gasteiger partial charge in [-0.3, -0.25) is 24.3 Å². The van der Waals surface area contributed by atoms with Crippen molar-refractivity contribution in [1.82, 2.24) is 30.3 Å². The number of alkyl halides is 3. The average molecular weight is 666 g/mol. The molecule has 3 amide bonds. The summed E-state index contributed by atoms with van der Waals surface area (Å²) in [6, 6.07) is 7.68. The third kappa shape index (κ3) is 7.81. The van der Waals surface area contributed by atoms with E-state index in [1.807, 2.05) is 25.3 Å². The molecule has 1 aliphatic heterocycles. The number of pyridine rings is 1. The summed E-state index contributed by atoms with van der Waals surface area (Å²) >= 11 is 0. The van der Waals surface area contributed by atoms with Gasteiger partial charge in [-0.25, -0.2) is 0 Å². The van der Waals surface area contributed by atoms with Crippen LogP contribution in [0.1, 0.15) is 80.6 Å². The summed E-state index contributed by atoms with van der Waals surface area (Å²) in [6.07, 6.45) is 0.141. The van der Waals surface area contributed by atoms with Crippen molar-refractivity contribution in [2.24, 2.45) is 0 Å². The highest BCUT2D eigenvalue weighted by molar-refractivity contribution is 6.07. The number of rotatable bonds is 10. The maximum absolute atomic E-state index is 13.3. The first-order valence-corrected chi connectivity index (χ1v) is 15.7. The van der Waals surface area contributed by atoms with Crippen LogP contribution in [-0.4, -0.2) is 82.0 Å². The molecule has 0 radical (unpaired) electrons. The molecule has 2 N–H and O–H groups in total. The number of hydrogen-bond donors (Lipinski definition) is 2. The quantitative estimate of drug-likeness (QED) is 0.295. The molecule has 2 aliphatic rings. The monoisotopic (exact) mass is 665 g/mol. The van der Waals surface area contributed by atoms with Gasteiger partial charge >= 0.3 is 6.18 Å². The number of halogens is 3. The van der Waals surface area contributed by atoms with Gasteiger partial charge in [0.05, 0.1) is 11.3 Å². The first-order valence-electron chi connectivity index (χ1n) is 15.7. The van der Waals surface area contributed by atoms with Crippen molar-refractivity contribution in [3.05, 3.63) is 88.4 Å². The number of nitrogens with zero attached hydrogens (tertiary/aromatic N) is 5. The Labute approximate surface area is 276 Å². The molecule has 48 heavy (non-hydrogen) atoms. The van der Waals surface area contributed by atoms with Crippen LogP contribution in [0.4, 0.5) is 19.0 Å². The van der Waals surface area contributed by atoms with Crippen LogP contribution in [0.25, 0.3) is 0 Å². The van der Waals surface area contributed by atoms with E-state index in [0.29, 0.717) is 43.4 Å². The second-order valence-electron chi connectivity index (χ2n) is 12.2. The fourth-order valence-electron chi connectivity index (χ4n) is 5.75. The molecular weight excluding hydrogens is 627 g/mol. The minimum absolute atomic E-state index is 0.0606. The lowest BCUT2D eigenvalue weighted by atomic mass is 10.0. The number of aromatic nitrogens is 3. The zero-order valence-electron chi connectivity index (χ0n) is 27.2. The van der Waals surface area contributed by atoms with Crippen molar-refractivity contribution < 1.29 is 32.3 Å². The minimum Gasteiger partial charge on any atom is -0.482 e. The number of carbonyl (C=O) groups is 3. The van der Waals surface area contributed by atoms with Gasteiger partial charge in [-0.1, -0.05) is 12.6 Å². The predicted octanol–water partition coefficient (Wildman–Crippen LogP) is 4.84. The Bertz CT molecular complexity index is 1710. The number of amides is 3. The van der Waals surface area contributed by atoms with Crippen LogP contribution < -0.4 is 15.4 Å². The van der Waals surface area contributed by atoms with Gasteiger partial charge in [-0.2, -0.15) is 13.2 Å². The van der Waals surface area contributed by atoms with Gasteiger partial charge in [0, 0.05) is 51.0 Å². The summed E-state index contributed by atoms with van der Waals surface area (Å²) in [5.74, 6) is -0.718. The van der Waals surface area contributed by atoms with Crippen molar-refractivity contribution in [2.45, 2.75) is 57.9 Å². The van der Waals surface area contributed by atoms with Crippen molar-refractivity contribution in [3.8, 4) is 5.75 Å². The summed E-state index contributed by atoms with van der Waals surface area (Å²) in [7, 11) is 1.45. The predicted molar refractivity (Wildman–Crippen MR) is 172 cm³/mol. The number of hydrogen-bond acceptors (Lipinski definition) is 8. The highest BCUT2D eigenvalue weighted by Crippen LogP contribution is 2.40. The molecule has 1 saturated heterocycles. The summed E-state index contributed by atoms with van der Waals surface area (Å²) < 4.78 is 45.8. The first kappa shape index (κ1) is 34.5. The molecule has 2 atom stereocenters. The van der Waals surface area contributed by atoms with Gasteiger partial charge < -0.3 is 20.3 Å². The van der Waals surface area contributed by atoms with Crippen LogP contribution in [-0.2, 0) is 11.0 Å². The maximum Gasteiger partial charge on any atom is 0.435 e. The van der Waals surface area contributed by atoms with Crippen LogP contribution in [0.2, 0.25) is 0 Å². The number of piperazine rings is 1. The second kappa shape index (κ2) is 14.1. The Hall–Kier alpha value is -4.85. The molecule has 3 heterocycles. The van der Waals surface area contributed by atoms with E-state index in [4.69, 9.17) is 9.72 Å². The smallest absolute Gasteiger partial charge is 0.435 e. The number of anilines is 1. The lowest BCUT2D eigenvalue weighted by Gasteiger charge is -2.40. The van der Waals surface area contributed by atoms with Crippen LogP contribution in [0, 0.1) is 13.8 Å². The van der Waals surface area contributed by atoms with Crippen LogP contribution >= 0.6 is 0 Å². The molecule has 2 aromatic heterocycles. The van der Waals surface area contributed by atoms with Crippen LogP contribution in [0.5, 0.6) is 5.75 Å². The molecule has 3 aromatic rings. The average Bonchev–Trinajstić information content (AvgIpc) is 3.90. The molecule has 0 spiro atoms. The van der Waals surface area contributed by atoms with E-state index in [1.54, 1.807) is 17.9 Å². The number of nitrogens with one attached hydrogen (secondary N) is 2. The Morgan fingerprint density at radius 3 is 2.40 bits per heavy atom. The Kier molecular flexibility index (Phi) is 10.1. The zero-order chi connectivity index (χ0) is 34.7. The Morgan fingerprint density at radius 2 is 1.81 bits per heavy atom. The molecule has 1 aromatic carbocycles. The molecule has 254 valence electrons. The normalized spacial score (nSPS) is 17.4. The van der Waals surface area contributed by atoms with E-state index >= 15 is 0 Å². The number of aryl methyl sites for hydroxylation is 2. The Morgan fingerprint density at radius 1 is 1.06 bits per heavy atom. The standard InChI is InChI=1S/C34H38F3N7O4/c1-6-30(45)44-12-11-43(17-21(44)4)18-28(26-10-9-23(16-39-26)22-7-8-22)48-27-13-19(2)24(15-25(27)32(46)38-5)33(47)40-31-20(3)14-29(41-42-31)34(35,36)37/h6,9-10,13-16,21-22,28H,1,7-8,11-12,17-18H2,2-5H3,(H,38,46)(H,40,42,47)/t21-,28-/m1/s1. The van der Waals surface area contributed by atoms with Gasteiger partial charge in [0.2, 0.25) is 5.91 Å². The van der Waals surface area contributed by atoms with E-state index in [9.17, 15) is 27.6 Å². The van der Waals surface area contributed by atoms with E-state index in [1.165, 1.54) is 26.1 Å². The van der Waals surface area contributed by atoms with Crippen LogP contribution in [0.15, 0.2) is 49.2 Å². The molecule has 2 fully saturated rings. The van der Waals surface area contributed by atoms with E-state index in [-0.39, 0.29) is 40.2 Å². The van der Waals surface area contributed by atoms with Gasteiger partial charge in [0.1, 0.15) is 5.75 Å². The Balaban J connectivity index is 1.43. The van der Waals surface area contributed by atoms with Crippen molar-refractivity contribution >= 4 is 23.5 Å². The number of benzene rings is 1. The lowest BCUT2D eigenvalue weighted by molar-refractivity contribution is -0.141. The fourth-order valence-corrected chi connectivity index (χ4v) is 5.75. The molecule has 11 nitrogen and oxygen atoms in total. The first-order chi connectivity index (χ1) is 22.8. The largest absolute Gasteiger partial charge is 0.482 e. The third-order valence-electron chi connectivity index (χ3n) is 8.60. The van der Waals surface area contributed by atoms with Crippen LogP contribution in [0.3, 0.4) is 0 Å².